The fourth-order valence-electron chi connectivity index (χ4n) is 1.30. The van der Waals surface area contributed by atoms with Crippen molar-refractivity contribution in [2.45, 2.75) is 18.2 Å². The van der Waals surface area contributed by atoms with Gasteiger partial charge in [-0.2, -0.15) is 0 Å². The zero-order valence-corrected chi connectivity index (χ0v) is 10.3. The van der Waals surface area contributed by atoms with E-state index in [4.69, 9.17) is 5.11 Å². The topological polar surface area (TPSA) is 83.5 Å². The molecular formula is C11H15NO4S. The van der Waals surface area contributed by atoms with Crippen LogP contribution < -0.4 is 4.72 Å². The maximum Gasteiger partial charge on any atom is 0.307 e. The summed E-state index contributed by atoms with van der Waals surface area (Å²) in [7, 11) is -3.61. The highest BCUT2D eigenvalue weighted by molar-refractivity contribution is 7.89. The van der Waals surface area contributed by atoms with Crippen LogP contribution in [-0.2, 0) is 14.8 Å². The Morgan fingerprint density at radius 3 is 2.41 bits per heavy atom. The van der Waals surface area contributed by atoms with Gasteiger partial charge < -0.3 is 5.11 Å². The van der Waals surface area contributed by atoms with E-state index in [9.17, 15) is 13.2 Å². The summed E-state index contributed by atoms with van der Waals surface area (Å²) in [6.45, 7) is 1.61. The molecule has 0 saturated carbocycles. The Morgan fingerprint density at radius 2 is 1.94 bits per heavy atom. The molecular weight excluding hydrogens is 242 g/mol. The Labute approximate surface area is 101 Å². The van der Waals surface area contributed by atoms with Crippen LogP contribution in [0.3, 0.4) is 0 Å². The molecule has 5 nitrogen and oxygen atoms in total. The van der Waals surface area contributed by atoms with E-state index in [-0.39, 0.29) is 11.4 Å². The first kappa shape index (κ1) is 13.7. The third kappa shape index (κ3) is 3.83. The van der Waals surface area contributed by atoms with Gasteiger partial charge in [-0.1, -0.05) is 25.1 Å². The molecule has 94 valence electrons. The van der Waals surface area contributed by atoms with Crippen LogP contribution in [0.4, 0.5) is 0 Å². The van der Waals surface area contributed by atoms with Crippen LogP contribution in [-0.4, -0.2) is 26.0 Å². The first-order valence-corrected chi connectivity index (χ1v) is 6.73. The summed E-state index contributed by atoms with van der Waals surface area (Å²) < 4.78 is 25.8. The summed E-state index contributed by atoms with van der Waals surface area (Å²) in [5.74, 6) is -1.70. The molecule has 0 aromatic heterocycles. The van der Waals surface area contributed by atoms with Gasteiger partial charge in [0, 0.05) is 6.54 Å². The molecule has 1 rings (SSSR count). The largest absolute Gasteiger partial charge is 0.481 e. The standard InChI is InChI=1S/C11H15NO4S/c1-2-9(11(13)14)8-12-17(15,16)10-6-4-3-5-7-10/h3-7,9,12H,2,8H2,1H3,(H,13,14). The molecule has 0 spiro atoms. The quantitative estimate of drug-likeness (QED) is 0.798. The molecule has 2 N–H and O–H groups in total. The molecule has 0 aliphatic rings. The molecule has 0 aliphatic heterocycles. The zero-order valence-electron chi connectivity index (χ0n) is 9.46. The smallest absolute Gasteiger partial charge is 0.307 e. The van der Waals surface area contributed by atoms with Crippen LogP contribution in [0.15, 0.2) is 35.2 Å². The molecule has 0 heterocycles. The first-order valence-electron chi connectivity index (χ1n) is 5.25. The number of benzene rings is 1. The normalized spacial score (nSPS) is 13.2. The third-order valence-electron chi connectivity index (χ3n) is 2.42. The number of carbonyl (C=O) groups is 1. The number of aliphatic carboxylic acids is 1. The Kier molecular flexibility index (Phi) is 4.65. The molecule has 1 aromatic carbocycles. The van der Waals surface area contributed by atoms with E-state index in [1.54, 1.807) is 25.1 Å². The van der Waals surface area contributed by atoms with Crippen LogP contribution in [0, 0.1) is 5.92 Å². The van der Waals surface area contributed by atoms with Gasteiger partial charge in [0.25, 0.3) is 0 Å². The van der Waals surface area contributed by atoms with E-state index in [2.05, 4.69) is 4.72 Å². The molecule has 0 bridgehead atoms. The lowest BCUT2D eigenvalue weighted by molar-refractivity contribution is -0.141. The van der Waals surface area contributed by atoms with Crippen LogP contribution in [0.25, 0.3) is 0 Å². The molecule has 0 radical (unpaired) electrons. The molecule has 0 fully saturated rings. The predicted octanol–water partition coefficient (Wildman–Crippen LogP) is 1.08. The van der Waals surface area contributed by atoms with Crippen molar-refractivity contribution in [1.82, 2.24) is 4.72 Å². The van der Waals surface area contributed by atoms with Crippen molar-refractivity contribution >= 4 is 16.0 Å². The molecule has 0 saturated heterocycles. The summed E-state index contributed by atoms with van der Waals surface area (Å²) in [4.78, 5) is 10.9. The molecule has 17 heavy (non-hydrogen) atoms. The molecule has 1 atom stereocenters. The van der Waals surface area contributed by atoms with E-state index in [0.29, 0.717) is 6.42 Å². The van der Waals surface area contributed by atoms with Crippen molar-refractivity contribution in [3.8, 4) is 0 Å². The number of hydrogen-bond acceptors (Lipinski definition) is 3. The fourth-order valence-corrected chi connectivity index (χ4v) is 2.40. The minimum Gasteiger partial charge on any atom is -0.481 e. The number of nitrogens with one attached hydrogen (secondary N) is 1. The summed E-state index contributed by atoms with van der Waals surface area (Å²) in [5, 5.41) is 8.81. The molecule has 1 unspecified atom stereocenters. The highest BCUT2D eigenvalue weighted by Crippen LogP contribution is 2.08. The van der Waals surface area contributed by atoms with Crippen molar-refractivity contribution in [3.05, 3.63) is 30.3 Å². The second-order valence-electron chi connectivity index (χ2n) is 3.61. The van der Waals surface area contributed by atoms with Gasteiger partial charge in [0.1, 0.15) is 0 Å². The van der Waals surface area contributed by atoms with Crippen molar-refractivity contribution in [1.29, 1.82) is 0 Å². The lowest BCUT2D eigenvalue weighted by Crippen LogP contribution is -2.32. The van der Waals surface area contributed by atoms with Crippen LogP contribution in [0.2, 0.25) is 0 Å². The van der Waals surface area contributed by atoms with Crippen molar-refractivity contribution < 1.29 is 18.3 Å². The van der Waals surface area contributed by atoms with Gasteiger partial charge >= 0.3 is 5.97 Å². The van der Waals surface area contributed by atoms with E-state index in [1.165, 1.54) is 12.1 Å². The minimum absolute atomic E-state index is 0.0942. The van der Waals surface area contributed by atoms with Crippen LogP contribution >= 0.6 is 0 Å². The van der Waals surface area contributed by atoms with Gasteiger partial charge in [-0.25, -0.2) is 13.1 Å². The van der Waals surface area contributed by atoms with Gasteiger partial charge in [-0.3, -0.25) is 4.79 Å². The van der Waals surface area contributed by atoms with Gasteiger partial charge in [0.2, 0.25) is 10.0 Å². The summed E-state index contributed by atoms with van der Waals surface area (Å²) >= 11 is 0. The average molecular weight is 257 g/mol. The van der Waals surface area contributed by atoms with E-state index >= 15 is 0 Å². The summed E-state index contributed by atoms with van der Waals surface area (Å²) in [6.07, 6.45) is 0.382. The highest BCUT2D eigenvalue weighted by atomic mass is 32.2. The lowest BCUT2D eigenvalue weighted by atomic mass is 10.1. The van der Waals surface area contributed by atoms with Crippen molar-refractivity contribution in [3.63, 3.8) is 0 Å². The average Bonchev–Trinajstić information content (AvgIpc) is 2.30. The Morgan fingerprint density at radius 1 is 1.35 bits per heavy atom. The second kappa shape index (κ2) is 5.79. The van der Waals surface area contributed by atoms with E-state index in [1.807, 2.05) is 0 Å². The van der Waals surface area contributed by atoms with E-state index in [0.717, 1.165) is 0 Å². The Balaban J connectivity index is 2.72. The Bertz CT molecular complexity index is 470. The molecule has 1 aromatic rings. The monoisotopic (exact) mass is 257 g/mol. The van der Waals surface area contributed by atoms with Crippen molar-refractivity contribution in [2.75, 3.05) is 6.54 Å². The number of hydrogen-bond donors (Lipinski definition) is 2. The highest BCUT2D eigenvalue weighted by Gasteiger charge is 2.19. The Hall–Kier alpha value is -1.40. The molecule has 6 heteroatoms. The summed E-state index contributed by atoms with van der Waals surface area (Å²) in [6, 6.07) is 7.87. The number of carboxylic acids is 1. The number of sulfonamides is 1. The third-order valence-corrected chi connectivity index (χ3v) is 3.85. The predicted molar refractivity (Wildman–Crippen MR) is 63.0 cm³/mol. The molecule has 0 aliphatic carbocycles. The maximum atomic E-state index is 11.8. The SMILES string of the molecule is CCC(CNS(=O)(=O)c1ccccc1)C(=O)O. The number of carboxylic acid groups (broad SMARTS) is 1. The van der Waals surface area contributed by atoms with Crippen LogP contribution in [0.1, 0.15) is 13.3 Å². The van der Waals surface area contributed by atoms with Crippen LogP contribution in [0.5, 0.6) is 0 Å². The number of rotatable bonds is 6. The molecule has 0 amide bonds. The second-order valence-corrected chi connectivity index (χ2v) is 5.38. The van der Waals surface area contributed by atoms with Crippen molar-refractivity contribution in [2.24, 2.45) is 5.92 Å². The maximum absolute atomic E-state index is 11.8. The van der Waals surface area contributed by atoms with Gasteiger partial charge in [0.15, 0.2) is 0 Å². The van der Waals surface area contributed by atoms with Gasteiger partial charge in [0.05, 0.1) is 10.8 Å². The lowest BCUT2D eigenvalue weighted by Gasteiger charge is -2.11. The zero-order chi connectivity index (χ0) is 12.9. The minimum atomic E-state index is -3.61. The first-order chi connectivity index (χ1) is 7.97. The summed E-state index contributed by atoms with van der Waals surface area (Å²) in [5.41, 5.74) is 0. The van der Waals surface area contributed by atoms with Gasteiger partial charge in [-0.05, 0) is 18.6 Å². The van der Waals surface area contributed by atoms with E-state index < -0.39 is 21.9 Å². The fraction of sp³-hybridized carbons (Fsp3) is 0.364. The van der Waals surface area contributed by atoms with Gasteiger partial charge in [-0.15, -0.1) is 0 Å².